The van der Waals surface area contributed by atoms with Crippen LogP contribution < -0.4 is 5.32 Å². The highest BCUT2D eigenvalue weighted by Gasteiger charge is 1.99. The van der Waals surface area contributed by atoms with Gasteiger partial charge in [0, 0.05) is 6.54 Å². The Balaban J connectivity index is 3.09. The molecule has 0 aliphatic heterocycles. The molecule has 3 nitrogen and oxygen atoms in total. The van der Waals surface area contributed by atoms with Crippen LogP contribution in [0, 0.1) is 0 Å². The van der Waals surface area contributed by atoms with Gasteiger partial charge < -0.3 is 9.74 Å². The van der Waals surface area contributed by atoms with Crippen molar-refractivity contribution in [1.29, 1.82) is 0 Å². The van der Waals surface area contributed by atoms with E-state index in [-0.39, 0.29) is 6.09 Å². The molecule has 0 saturated carbocycles. The van der Waals surface area contributed by atoms with Gasteiger partial charge in [-0.2, -0.15) is 0 Å². The lowest BCUT2D eigenvalue weighted by atomic mass is 10.1. The molecule has 0 unspecified atom stereocenters. The van der Waals surface area contributed by atoms with Crippen molar-refractivity contribution in [3.8, 4) is 0 Å². The average molecular weight is 245 g/mol. The Labute approximate surface area is 102 Å². The van der Waals surface area contributed by atoms with Crippen LogP contribution in [-0.4, -0.2) is 22.4 Å². The number of nitrogens with one attached hydrogen (secondary N) is 1. The predicted molar refractivity (Wildman–Crippen MR) is 71.5 cm³/mol. The molecule has 1 N–H and O–H groups in total. The molecule has 0 aromatic heterocycles. The van der Waals surface area contributed by atoms with Crippen molar-refractivity contribution in [1.82, 2.24) is 5.32 Å². The smallest absolute Gasteiger partial charge is 0.393 e. The van der Waals surface area contributed by atoms with E-state index in [4.69, 9.17) is 4.43 Å². The maximum Gasteiger partial charge on any atom is 0.393 e. The van der Waals surface area contributed by atoms with E-state index in [0.717, 1.165) is 25.4 Å². The Morgan fingerprint density at radius 2 is 1.75 bits per heavy atom. The summed E-state index contributed by atoms with van der Waals surface area (Å²) in [6.07, 6.45) is 8.44. The highest BCUT2D eigenvalue weighted by atomic mass is 28.2. The number of rotatable bonds is 10. The quantitative estimate of drug-likeness (QED) is 0.475. The Kier molecular flexibility index (Phi) is 12.2. The first kappa shape index (κ1) is 15.5. The Morgan fingerprint density at radius 3 is 2.44 bits per heavy atom. The fourth-order valence-electron chi connectivity index (χ4n) is 1.46. The van der Waals surface area contributed by atoms with Crippen LogP contribution in [0.5, 0.6) is 0 Å². The lowest BCUT2D eigenvalue weighted by Crippen LogP contribution is -2.26. The molecule has 0 bridgehead atoms. The van der Waals surface area contributed by atoms with E-state index < -0.39 is 9.76 Å². The summed E-state index contributed by atoms with van der Waals surface area (Å²) in [6.45, 7) is 5.10. The largest absolute Gasteiger partial charge is 0.509 e. The van der Waals surface area contributed by atoms with Gasteiger partial charge in [0.15, 0.2) is 0 Å². The van der Waals surface area contributed by atoms with Gasteiger partial charge in [-0.25, -0.2) is 4.79 Å². The van der Waals surface area contributed by atoms with Crippen molar-refractivity contribution < 1.29 is 9.22 Å². The number of carbonyl (C=O) groups excluding carboxylic acids is 1. The standard InChI is InChI=1S/C12H27NO2Si/c1-3-5-6-7-8-9-10-13-12(14)15-16-11-4-2/h3-11,16H2,1-2H3,(H,13,14). The van der Waals surface area contributed by atoms with Gasteiger partial charge in [0.1, 0.15) is 0 Å². The third-order valence-corrected chi connectivity index (χ3v) is 3.99. The van der Waals surface area contributed by atoms with Gasteiger partial charge in [-0.1, -0.05) is 52.4 Å². The van der Waals surface area contributed by atoms with Crippen molar-refractivity contribution in [3.05, 3.63) is 0 Å². The van der Waals surface area contributed by atoms with Crippen molar-refractivity contribution in [2.75, 3.05) is 6.54 Å². The molecule has 0 spiro atoms. The summed E-state index contributed by atoms with van der Waals surface area (Å²) in [5, 5.41) is 2.81. The van der Waals surface area contributed by atoms with E-state index in [9.17, 15) is 4.79 Å². The summed E-state index contributed by atoms with van der Waals surface area (Å²) in [7, 11) is -0.599. The molecule has 0 aliphatic carbocycles. The molecule has 0 heterocycles. The van der Waals surface area contributed by atoms with E-state index in [2.05, 4.69) is 19.2 Å². The number of amides is 1. The molecule has 0 rings (SSSR count). The molecule has 96 valence electrons. The first-order valence-electron chi connectivity index (χ1n) is 6.71. The molecule has 16 heavy (non-hydrogen) atoms. The van der Waals surface area contributed by atoms with Crippen LogP contribution in [0.25, 0.3) is 0 Å². The van der Waals surface area contributed by atoms with Gasteiger partial charge in [0.05, 0.1) is 0 Å². The van der Waals surface area contributed by atoms with Gasteiger partial charge in [0.2, 0.25) is 9.76 Å². The molecule has 1 amide bonds. The first-order chi connectivity index (χ1) is 7.81. The number of unbranched alkanes of at least 4 members (excludes halogenated alkanes) is 5. The fourth-order valence-corrected chi connectivity index (χ4v) is 2.18. The minimum atomic E-state index is -0.599. The molecule has 0 aliphatic rings. The average Bonchev–Trinajstić information content (AvgIpc) is 2.28. The normalized spacial score (nSPS) is 10.9. The van der Waals surface area contributed by atoms with E-state index in [1.807, 2.05) is 0 Å². The van der Waals surface area contributed by atoms with Crippen LogP contribution in [0.2, 0.25) is 6.04 Å². The van der Waals surface area contributed by atoms with E-state index in [1.165, 1.54) is 32.1 Å². The fraction of sp³-hybridized carbons (Fsp3) is 0.917. The van der Waals surface area contributed by atoms with E-state index >= 15 is 0 Å². The number of hydrogen-bond acceptors (Lipinski definition) is 2. The van der Waals surface area contributed by atoms with Crippen LogP contribution >= 0.6 is 0 Å². The highest BCUT2D eigenvalue weighted by molar-refractivity contribution is 6.30. The third kappa shape index (κ3) is 11.6. The monoisotopic (exact) mass is 245 g/mol. The second kappa shape index (κ2) is 12.6. The lowest BCUT2D eigenvalue weighted by molar-refractivity contribution is 0.202. The molecule has 0 aromatic rings. The summed E-state index contributed by atoms with van der Waals surface area (Å²) in [6, 6.07) is 1.09. The second-order valence-corrected chi connectivity index (χ2v) is 5.59. The van der Waals surface area contributed by atoms with E-state index in [1.54, 1.807) is 0 Å². The van der Waals surface area contributed by atoms with Crippen LogP contribution in [0.4, 0.5) is 4.79 Å². The van der Waals surface area contributed by atoms with Crippen LogP contribution in [0.1, 0.15) is 58.8 Å². The van der Waals surface area contributed by atoms with Crippen molar-refractivity contribution in [2.24, 2.45) is 0 Å². The topological polar surface area (TPSA) is 38.3 Å². The summed E-state index contributed by atoms with van der Waals surface area (Å²) in [4.78, 5) is 11.2. The molecular formula is C12H27NO2Si. The summed E-state index contributed by atoms with van der Waals surface area (Å²) in [5.74, 6) is 0. The number of carbonyl (C=O) groups is 1. The van der Waals surface area contributed by atoms with Gasteiger partial charge in [-0.15, -0.1) is 0 Å². The summed E-state index contributed by atoms with van der Waals surface area (Å²) < 4.78 is 5.12. The van der Waals surface area contributed by atoms with Crippen LogP contribution in [0.15, 0.2) is 0 Å². The maximum absolute atomic E-state index is 11.2. The third-order valence-electron chi connectivity index (χ3n) is 2.53. The molecule has 0 radical (unpaired) electrons. The van der Waals surface area contributed by atoms with Gasteiger partial charge in [-0.05, 0) is 12.5 Å². The Bertz CT molecular complexity index is 165. The van der Waals surface area contributed by atoms with Crippen LogP contribution in [0.3, 0.4) is 0 Å². The molecule has 0 saturated heterocycles. The molecule has 4 heteroatoms. The molecule has 0 atom stereocenters. The maximum atomic E-state index is 11.2. The van der Waals surface area contributed by atoms with Crippen molar-refractivity contribution in [3.63, 3.8) is 0 Å². The summed E-state index contributed by atoms with van der Waals surface area (Å²) >= 11 is 0. The van der Waals surface area contributed by atoms with E-state index in [0.29, 0.717) is 0 Å². The van der Waals surface area contributed by atoms with Crippen molar-refractivity contribution >= 4 is 15.9 Å². The van der Waals surface area contributed by atoms with Crippen molar-refractivity contribution in [2.45, 2.75) is 64.8 Å². The predicted octanol–water partition coefficient (Wildman–Crippen LogP) is 2.99. The lowest BCUT2D eigenvalue weighted by Gasteiger charge is -2.06. The Morgan fingerprint density at radius 1 is 1.06 bits per heavy atom. The second-order valence-electron chi connectivity index (χ2n) is 4.18. The molecule has 0 aromatic carbocycles. The van der Waals surface area contributed by atoms with Gasteiger partial charge in [-0.3, -0.25) is 0 Å². The van der Waals surface area contributed by atoms with Gasteiger partial charge >= 0.3 is 6.09 Å². The highest BCUT2D eigenvalue weighted by Crippen LogP contribution is 2.03. The zero-order chi connectivity index (χ0) is 12.1. The Hall–Kier alpha value is -0.513. The SMILES string of the molecule is CCCCCCCCNC(=O)O[SiH2]CCC. The molecular weight excluding hydrogens is 218 g/mol. The van der Waals surface area contributed by atoms with Crippen LogP contribution in [-0.2, 0) is 4.43 Å². The van der Waals surface area contributed by atoms with Gasteiger partial charge in [0.25, 0.3) is 0 Å². The number of hydrogen-bond donors (Lipinski definition) is 1. The minimum Gasteiger partial charge on any atom is -0.509 e. The summed E-state index contributed by atoms with van der Waals surface area (Å²) in [5.41, 5.74) is 0. The zero-order valence-electron chi connectivity index (χ0n) is 10.9. The zero-order valence-corrected chi connectivity index (χ0v) is 12.3. The molecule has 0 fully saturated rings. The minimum absolute atomic E-state index is 0.200. The first-order valence-corrected chi connectivity index (χ1v) is 8.29.